The monoisotopic (exact) mass is 391 g/mol. The molecule has 0 saturated carbocycles. The van der Waals surface area contributed by atoms with Gasteiger partial charge in [0.05, 0.1) is 13.7 Å². The van der Waals surface area contributed by atoms with Crippen molar-refractivity contribution in [1.29, 1.82) is 0 Å². The summed E-state index contributed by atoms with van der Waals surface area (Å²) in [6.45, 7) is 2.86. The Kier molecular flexibility index (Phi) is 4.16. The number of hydrogen-bond acceptors (Lipinski definition) is 5. The standard InChI is InChI=1S/C22H21N3O4/c1-13-20-16(15-8-17(27-2)21-18(9-15)28-12-29-21)10-19(26)23-22(20)24-25(13)11-14-6-4-3-5-7-14/h3-9,16H,10-12H2,1-2H3,(H,23,24,26). The number of carbonyl (C=O) groups is 1. The van der Waals surface area contributed by atoms with Crippen molar-refractivity contribution in [2.45, 2.75) is 25.8 Å². The fourth-order valence-electron chi connectivity index (χ4n) is 4.09. The first-order valence-corrected chi connectivity index (χ1v) is 9.52. The van der Waals surface area contributed by atoms with Crippen LogP contribution in [0.3, 0.4) is 0 Å². The van der Waals surface area contributed by atoms with Crippen LogP contribution in [0.5, 0.6) is 17.2 Å². The Morgan fingerprint density at radius 1 is 1.24 bits per heavy atom. The average molecular weight is 391 g/mol. The van der Waals surface area contributed by atoms with E-state index in [1.807, 2.05) is 41.9 Å². The van der Waals surface area contributed by atoms with E-state index in [-0.39, 0.29) is 18.6 Å². The van der Waals surface area contributed by atoms with Crippen LogP contribution in [-0.4, -0.2) is 29.6 Å². The van der Waals surface area contributed by atoms with Gasteiger partial charge in [0.25, 0.3) is 0 Å². The summed E-state index contributed by atoms with van der Waals surface area (Å²) in [7, 11) is 1.60. The topological polar surface area (TPSA) is 74.6 Å². The Bertz CT molecular complexity index is 1090. The van der Waals surface area contributed by atoms with Gasteiger partial charge in [-0.3, -0.25) is 9.48 Å². The molecule has 0 bridgehead atoms. The van der Waals surface area contributed by atoms with Crippen molar-refractivity contribution in [3.05, 3.63) is 64.8 Å². The molecule has 1 unspecified atom stereocenters. The van der Waals surface area contributed by atoms with Gasteiger partial charge in [-0.25, -0.2) is 0 Å². The number of aromatic nitrogens is 2. The fraction of sp³-hybridized carbons (Fsp3) is 0.273. The highest BCUT2D eigenvalue weighted by Crippen LogP contribution is 2.47. The molecule has 7 heteroatoms. The summed E-state index contributed by atoms with van der Waals surface area (Å²) in [5.74, 6) is 2.29. The molecule has 29 heavy (non-hydrogen) atoms. The number of nitrogens with one attached hydrogen (secondary N) is 1. The molecule has 1 N–H and O–H groups in total. The predicted molar refractivity (Wildman–Crippen MR) is 107 cm³/mol. The van der Waals surface area contributed by atoms with E-state index in [2.05, 4.69) is 22.5 Å². The third-order valence-corrected chi connectivity index (χ3v) is 5.51. The van der Waals surface area contributed by atoms with Crippen LogP contribution < -0.4 is 19.5 Å². The van der Waals surface area contributed by atoms with Gasteiger partial charge in [0.1, 0.15) is 0 Å². The molecule has 1 amide bonds. The number of nitrogens with zero attached hydrogens (tertiary/aromatic N) is 2. The number of ether oxygens (including phenoxy) is 3. The Balaban J connectivity index is 1.58. The van der Waals surface area contributed by atoms with Crippen LogP contribution in [0.1, 0.15) is 34.7 Å². The summed E-state index contributed by atoms with van der Waals surface area (Å²) in [6.07, 6.45) is 0.341. The summed E-state index contributed by atoms with van der Waals surface area (Å²) >= 11 is 0. The van der Waals surface area contributed by atoms with E-state index in [0.717, 1.165) is 22.4 Å². The van der Waals surface area contributed by atoms with Crippen LogP contribution >= 0.6 is 0 Å². The van der Waals surface area contributed by atoms with E-state index in [9.17, 15) is 4.79 Å². The van der Waals surface area contributed by atoms with Crippen molar-refractivity contribution in [2.75, 3.05) is 19.2 Å². The van der Waals surface area contributed by atoms with E-state index in [1.54, 1.807) is 7.11 Å². The zero-order valence-corrected chi connectivity index (χ0v) is 16.3. The van der Waals surface area contributed by atoms with Crippen molar-refractivity contribution in [3.63, 3.8) is 0 Å². The van der Waals surface area contributed by atoms with Crippen LogP contribution in [0.2, 0.25) is 0 Å². The lowest BCUT2D eigenvalue weighted by atomic mass is 9.85. The Labute approximate surface area is 168 Å². The molecule has 148 valence electrons. The van der Waals surface area contributed by atoms with Gasteiger partial charge >= 0.3 is 0 Å². The summed E-state index contributed by atoms with van der Waals surface area (Å²) < 4.78 is 18.5. The number of hydrogen-bond donors (Lipinski definition) is 1. The minimum Gasteiger partial charge on any atom is -0.493 e. The van der Waals surface area contributed by atoms with Gasteiger partial charge in [-0.05, 0) is 30.2 Å². The highest BCUT2D eigenvalue weighted by atomic mass is 16.7. The normalized spacial score (nSPS) is 17.0. The Morgan fingerprint density at radius 3 is 2.86 bits per heavy atom. The number of amides is 1. The summed E-state index contributed by atoms with van der Waals surface area (Å²) in [6, 6.07) is 14.0. The van der Waals surface area contributed by atoms with Crippen molar-refractivity contribution in [3.8, 4) is 17.2 Å². The largest absolute Gasteiger partial charge is 0.493 e. The lowest BCUT2D eigenvalue weighted by Crippen LogP contribution is -2.23. The molecule has 0 spiro atoms. The van der Waals surface area contributed by atoms with Crippen molar-refractivity contribution in [1.82, 2.24) is 9.78 Å². The van der Waals surface area contributed by atoms with Gasteiger partial charge in [-0.2, -0.15) is 5.10 Å². The van der Waals surface area contributed by atoms with Crippen molar-refractivity contribution < 1.29 is 19.0 Å². The third-order valence-electron chi connectivity index (χ3n) is 5.51. The average Bonchev–Trinajstić information content (AvgIpc) is 3.32. The molecule has 0 aliphatic carbocycles. The van der Waals surface area contributed by atoms with Gasteiger partial charge in [0.15, 0.2) is 17.3 Å². The van der Waals surface area contributed by atoms with Crippen LogP contribution in [-0.2, 0) is 11.3 Å². The van der Waals surface area contributed by atoms with Crippen molar-refractivity contribution >= 4 is 11.7 Å². The zero-order valence-electron chi connectivity index (χ0n) is 16.3. The van der Waals surface area contributed by atoms with E-state index in [0.29, 0.717) is 36.0 Å². The SMILES string of the molecule is COc1cc(C2CC(=O)Nc3nn(Cc4ccccc4)c(C)c32)cc2c1OCO2. The van der Waals surface area contributed by atoms with Crippen molar-refractivity contribution in [2.24, 2.45) is 0 Å². The molecule has 2 aromatic carbocycles. The third kappa shape index (κ3) is 2.99. The van der Waals surface area contributed by atoms with Gasteiger partial charge in [-0.1, -0.05) is 30.3 Å². The van der Waals surface area contributed by atoms with E-state index in [4.69, 9.17) is 14.2 Å². The first-order chi connectivity index (χ1) is 14.1. The lowest BCUT2D eigenvalue weighted by Gasteiger charge is -2.23. The van der Waals surface area contributed by atoms with E-state index in [1.165, 1.54) is 0 Å². The van der Waals surface area contributed by atoms with E-state index >= 15 is 0 Å². The van der Waals surface area contributed by atoms with Crippen LogP contribution in [0.25, 0.3) is 0 Å². The number of benzene rings is 2. The maximum Gasteiger partial charge on any atom is 0.231 e. The van der Waals surface area contributed by atoms with Crippen LogP contribution in [0, 0.1) is 6.92 Å². The van der Waals surface area contributed by atoms with Gasteiger partial charge in [-0.15, -0.1) is 0 Å². The highest BCUT2D eigenvalue weighted by molar-refractivity contribution is 5.94. The lowest BCUT2D eigenvalue weighted by molar-refractivity contribution is -0.116. The molecule has 2 aliphatic rings. The molecule has 2 aliphatic heterocycles. The van der Waals surface area contributed by atoms with E-state index < -0.39 is 0 Å². The molecule has 0 saturated heterocycles. The second-order valence-electron chi connectivity index (χ2n) is 7.25. The minimum atomic E-state index is -0.133. The predicted octanol–water partition coefficient (Wildman–Crippen LogP) is 3.45. The maximum absolute atomic E-state index is 12.4. The minimum absolute atomic E-state index is 0.0523. The molecule has 0 radical (unpaired) electrons. The number of rotatable bonds is 4. The number of anilines is 1. The smallest absolute Gasteiger partial charge is 0.231 e. The maximum atomic E-state index is 12.4. The number of fused-ring (bicyclic) bond motifs is 2. The summed E-state index contributed by atoms with van der Waals surface area (Å²) in [5, 5.41) is 7.61. The first-order valence-electron chi connectivity index (χ1n) is 9.52. The quantitative estimate of drug-likeness (QED) is 0.737. The second-order valence-corrected chi connectivity index (χ2v) is 7.25. The molecule has 3 heterocycles. The van der Waals surface area contributed by atoms with Gasteiger partial charge in [0.2, 0.25) is 18.4 Å². The first kappa shape index (κ1) is 17.6. The van der Waals surface area contributed by atoms with Gasteiger partial charge in [0, 0.05) is 23.6 Å². The molecule has 0 fully saturated rings. The summed E-state index contributed by atoms with van der Waals surface area (Å²) in [4.78, 5) is 12.4. The molecule has 1 atom stereocenters. The molecule has 5 rings (SSSR count). The second kappa shape index (κ2) is 6.84. The summed E-state index contributed by atoms with van der Waals surface area (Å²) in [5.41, 5.74) is 4.17. The fourth-order valence-corrected chi connectivity index (χ4v) is 4.09. The molecule has 3 aromatic rings. The molecule has 7 nitrogen and oxygen atoms in total. The molecule has 1 aromatic heterocycles. The zero-order chi connectivity index (χ0) is 20.0. The van der Waals surface area contributed by atoms with Gasteiger partial charge < -0.3 is 19.5 Å². The molecular weight excluding hydrogens is 370 g/mol. The Hall–Kier alpha value is -3.48. The molecular formula is C22H21N3O4. The van der Waals surface area contributed by atoms with Crippen LogP contribution in [0.4, 0.5) is 5.82 Å². The highest BCUT2D eigenvalue weighted by Gasteiger charge is 2.33. The Morgan fingerprint density at radius 2 is 2.07 bits per heavy atom. The van der Waals surface area contributed by atoms with Crippen LogP contribution in [0.15, 0.2) is 42.5 Å². The number of methoxy groups -OCH3 is 1. The number of carbonyl (C=O) groups excluding carboxylic acids is 1.